The molecule has 0 saturated heterocycles. The molecule has 0 unspecified atom stereocenters. The standard InChI is InChI=1S/C10H9F2/c1-3-7(2)8-4-5-9(11)10(12)6-8/h3-6H,1H2,2H3. The maximum absolute atomic E-state index is 12.7. The summed E-state index contributed by atoms with van der Waals surface area (Å²) in [6, 6.07) is 3.79. The SMILES string of the molecule is C=C[C](C)c1ccc(F)c(F)c1. The van der Waals surface area contributed by atoms with Gasteiger partial charge in [-0.1, -0.05) is 19.1 Å². The van der Waals surface area contributed by atoms with Crippen LogP contribution in [0.5, 0.6) is 0 Å². The van der Waals surface area contributed by atoms with E-state index in [0.29, 0.717) is 5.56 Å². The highest BCUT2D eigenvalue weighted by Crippen LogP contribution is 2.17. The molecule has 1 aromatic rings. The largest absolute Gasteiger partial charge is 0.204 e. The number of hydrogen-bond acceptors (Lipinski definition) is 0. The molecule has 0 bridgehead atoms. The van der Waals surface area contributed by atoms with Gasteiger partial charge in [0.05, 0.1) is 0 Å². The van der Waals surface area contributed by atoms with Gasteiger partial charge in [-0.25, -0.2) is 8.78 Å². The van der Waals surface area contributed by atoms with Crippen molar-refractivity contribution in [2.75, 3.05) is 0 Å². The Labute approximate surface area is 70.5 Å². The van der Waals surface area contributed by atoms with Crippen LogP contribution in [-0.2, 0) is 0 Å². The van der Waals surface area contributed by atoms with Crippen molar-refractivity contribution >= 4 is 0 Å². The third-order valence-electron chi connectivity index (χ3n) is 1.68. The van der Waals surface area contributed by atoms with Crippen molar-refractivity contribution in [3.8, 4) is 0 Å². The monoisotopic (exact) mass is 167 g/mol. The molecule has 0 aromatic heterocycles. The lowest BCUT2D eigenvalue weighted by Gasteiger charge is -2.04. The molecule has 0 aliphatic rings. The van der Waals surface area contributed by atoms with Crippen LogP contribution in [0.25, 0.3) is 0 Å². The van der Waals surface area contributed by atoms with Crippen LogP contribution in [-0.4, -0.2) is 0 Å². The number of benzene rings is 1. The van der Waals surface area contributed by atoms with Crippen molar-refractivity contribution in [2.45, 2.75) is 6.92 Å². The van der Waals surface area contributed by atoms with Crippen LogP contribution < -0.4 is 0 Å². The Bertz CT molecular complexity index is 292. The number of rotatable bonds is 2. The Morgan fingerprint density at radius 2 is 2.00 bits per heavy atom. The van der Waals surface area contributed by atoms with E-state index in [-0.39, 0.29) is 0 Å². The molecule has 2 heteroatoms. The summed E-state index contributed by atoms with van der Waals surface area (Å²) >= 11 is 0. The van der Waals surface area contributed by atoms with Crippen LogP contribution in [0, 0.1) is 17.6 Å². The zero-order chi connectivity index (χ0) is 9.14. The van der Waals surface area contributed by atoms with Crippen molar-refractivity contribution in [3.63, 3.8) is 0 Å². The van der Waals surface area contributed by atoms with Crippen LogP contribution >= 0.6 is 0 Å². The van der Waals surface area contributed by atoms with Crippen LogP contribution in [0.3, 0.4) is 0 Å². The van der Waals surface area contributed by atoms with Gasteiger partial charge in [-0.2, -0.15) is 0 Å². The van der Waals surface area contributed by atoms with Gasteiger partial charge in [-0.15, -0.1) is 6.58 Å². The van der Waals surface area contributed by atoms with Crippen LogP contribution in [0.15, 0.2) is 30.9 Å². The van der Waals surface area contributed by atoms with E-state index in [9.17, 15) is 8.78 Å². The minimum atomic E-state index is -0.825. The summed E-state index contributed by atoms with van der Waals surface area (Å²) in [6.45, 7) is 5.33. The summed E-state index contributed by atoms with van der Waals surface area (Å²) in [7, 11) is 0. The van der Waals surface area contributed by atoms with Gasteiger partial charge in [-0.05, 0) is 17.7 Å². The second-order valence-corrected chi connectivity index (χ2v) is 2.52. The molecule has 0 N–H and O–H groups in total. The lowest BCUT2D eigenvalue weighted by Crippen LogP contribution is -1.92. The van der Waals surface area contributed by atoms with Crippen molar-refractivity contribution in [3.05, 3.63) is 54.0 Å². The Hall–Kier alpha value is -1.18. The van der Waals surface area contributed by atoms with Crippen LogP contribution in [0.4, 0.5) is 8.78 Å². The topological polar surface area (TPSA) is 0 Å². The fraction of sp³-hybridized carbons (Fsp3) is 0.100. The molecule has 1 rings (SSSR count). The quantitative estimate of drug-likeness (QED) is 0.634. The smallest absolute Gasteiger partial charge is 0.159 e. The predicted molar refractivity (Wildman–Crippen MR) is 44.6 cm³/mol. The summed E-state index contributed by atoms with van der Waals surface area (Å²) in [6.07, 6.45) is 1.60. The minimum absolute atomic E-state index is 0.656. The molecule has 1 aromatic carbocycles. The predicted octanol–water partition coefficient (Wildman–Crippen LogP) is 3.09. The molecule has 1 radical (unpaired) electrons. The Kier molecular flexibility index (Phi) is 2.58. The van der Waals surface area contributed by atoms with E-state index in [1.54, 1.807) is 13.0 Å². The molecule has 0 amide bonds. The van der Waals surface area contributed by atoms with E-state index < -0.39 is 11.6 Å². The van der Waals surface area contributed by atoms with Crippen LogP contribution in [0.2, 0.25) is 0 Å². The van der Waals surface area contributed by atoms with E-state index in [1.807, 2.05) is 0 Å². The highest BCUT2D eigenvalue weighted by molar-refractivity contribution is 5.35. The molecule has 0 atom stereocenters. The molecular weight excluding hydrogens is 158 g/mol. The number of halogens is 2. The van der Waals surface area contributed by atoms with Crippen LogP contribution in [0.1, 0.15) is 12.5 Å². The van der Waals surface area contributed by atoms with E-state index in [1.165, 1.54) is 6.07 Å². The summed E-state index contributed by atoms with van der Waals surface area (Å²) in [5.74, 6) is -0.821. The molecule has 0 nitrogen and oxygen atoms in total. The van der Waals surface area contributed by atoms with Gasteiger partial charge in [0.25, 0.3) is 0 Å². The van der Waals surface area contributed by atoms with E-state index in [0.717, 1.165) is 18.1 Å². The van der Waals surface area contributed by atoms with Gasteiger partial charge in [0.1, 0.15) is 0 Å². The van der Waals surface area contributed by atoms with Gasteiger partial charge >= 0.3 is 0 Å². The van der Waals surface area contributed by atoms with Gasteiger partial charge in [0.2, 0.25) is 0 Å². The maximum Gasteiger partial charge on any atom is 0.159 e. The zero-order valence-electron chi connectivity index (χ0n) is 6.77. The second-order valence-electron chi connectivity index (χ2n) is 2.52. The molecule has 0 spiro atoms. The first-order valence-corrected chi connectivity index (χ1v) is 3.56. The van der Waals surface area contributed by atoms with Gasteiger partial charge < -0.3 is 0 Å². The van der Waals surface area contributed by atoms with Crippen molar-refractivity contribution in [2.24, 2.45) is 0 Å². The molecule has 0 saturated carbocycles. The second kappa shape index (κ2) is 3.48. The Balaban J connectivity index is 3.04. The summed E-state index contributed by atoms with van der Waals surface area (Å²) < 4.78 is 25.1. The van der Waals surface area contributed by atoms with Gasteiger partial charge in [0.15, 0.2) is 11.6 Å². The van der Waals surface area contributed by atoms with E-state index in [2.05, 4.69) is 6.58 Å². The van der Waals surface area contributed by atoms with Crippen molar-refractivity contribution in [1.82, 2.24) is 0 Å². The molecule has 0 aliphatic carbocycles. The van der Waals surface area contributed by atoms with Gasteiger partial charge in [-0.3, -0.25) is 0 Å². The normalized spacial score (nSPS) is 10.3. The minimum Gasteiger partial charge on any atom is -0.204 e. The number of hydrogen-bond donors (Lipinski definition) is 0. The fourth-order valence-electron chi connectivity index (χ4n) is 0.859. The Morgan fingerprint density at radius 3 is 2.50 bits per heavy atom. The molecule has 0 aliphatic heterocycles. The Morgan fingerprint density at radius 1 is 1.33 bits per heavy atom. The third-order valence-corrected chi connectivity index (χ3v) is 1.68. The summed E-state index contributed by atoms with van der Waals surface area (Å²) in [5.41, 5.74) is 0.656. The lowest BCUT2D eigenvalue weighted by atomic mass is 10.0. The first kappa shape index (κ1) is 8.91. The fourth-order valence-corrected chi connectivity index (χ4v) is 0.859. The maximum atomic E-state index is 12.7. The molecule has 12 heavy (non-hydrogen) atoms. The third kappa shape index (κ3) is 1.70. The molecule has 63 valence electrons. The summed E-state index contributed by atoms with van der Waals surface area (Å²) in [4.78, 5) is 0. The molecule has 0 fully saturated rings. The first-order chi connectivity index (χ1) is 5.65. The highest BCUT2D eigenvalue weighted by atomic mass is 19.2. The van der Waals surface area contributed by atoms with E-state index >= 15 is 0 Å². The highest BCUT2D eigenvalue weighted by Gasteiger charge is 2.05. The first-order valence-electron chi connectivity index (χ1n) is 3.56. The molecular formula is C10H9F2. The average molecular weight is 167 g/mol. The van der Waals surface area contributed by atoms with Crippen molar-refractivity contribution < 1.29 is 8.78 Å². The molecule has 0 heterocycles. The number of allylic oxidation sites excluding steroid dienone is 1. The lowest BCUT2D eigenvalue weighted by molar-refractivity contribution is 0.507. The van der Waals surface area contributed by atoms with Crippen molar-refractivity contribution in [1.29, 1.82) is 0 Å². The average Bonchev–Trinajstić information content (AvgIpc) is 2.08. The van der Waals surface area contributed by atoms with E-state index in [4.69, 9.17) is 0 Å². The zero-order valence-corrected chi connectivity index (χ0v) is 6.77. The summed E-state index contributed by atoms with van der Waals surface area (Å²) in [5, 5.41) is 0. The van der Waals surface area contributed by atoms with Gasteiger partial charge in [0, 0.05) is 5.92 Å².